The van der Waals surface area contributed by atoms with Gasteiger partial charge in [-0.3, -0.25) is 9.48 Å². The number of carboxylic acids is 1. The maximum absolute atomic E-state index is 11.8. The summed E-state index contributed by atoms with van der Waals surface area (Å²) in [5, 5.41) is 18.7. The van der Waals surface area contributed by atoms with Gasteiger partial charge in [0.2, 0.25) is 0 Å². The summed E-state index contributed by atoms with van der Waals surface area (Å²) in [6.45, 7) is 0.363. The molecule has 2 atom stereocenters. The van der Waals surface area contributed by atoms with Gasteiger partial charge < -0.3 is 15.7 Å². The lowest BCUT2D eigenvalue weighted by Gasteiger charge is -2.27. The molecule has 1 aliphatic rings. The quantitative estimate of drug-likeness (QED) is 0.762. The summed E-state index contributed by atoms with van der Waals surface area (Å²) in [6.07, 6.45) is 4.69. The Bertz CT molecular complexity index is 486. The standard InChI is InChI=1S/C13H20N4O3/c1-17-6-5-11(16-17)8-14-13(20)15-10-4-2-3-9(7-10)12(18)19/h5-6,9-10H,2-4,7-8H2,1H3,(H,18,19)(H2,14,15,20). The van der Waals surface area contributed by atoms with Gasteiger partial charge in [-0.25, -0.2) is 4.79 Å². The number of nitrogens with one attached hydrogen (secondary N) is 2. The Morgan fingerprint density at radius 1 is 1.50 bits per heavy atom. The van der Waals surface area contributed by atoms with Crippen molar-refractivity contribution in [3.05, 3.63) is 18.0 Å². The molecule has 7 heteroatoms. The van der Waals surface area contributed by atoms with Gasteiger partial charge in [-0.2, -0.15) is 5.10 Å². The molecule has 1 aromatic rings. The molecule has 1 aromatic heterocycles. The Balaban J connectivity index is 1.75. The number of urea groups is 1. The lowest BCUT2D eigenvalue weighted by Crippen LogP contribution is -2.44. The van der Waals surface area contributed by atoms with Crippen LogP contribution in [0.3, 0.4) is 0 Å². The molecule has 110 valence electrons. The summed E-state index contributed by atoms with van der Waals surface area (Å²) in [5.41, 5.74) is 0.787. The zero-order chi connectivity index (χ0) is 14.5. The fourth-order valence-electron chi connectivity index (χ4n) is 2.51. The predicted octanol–water partition coefficient (Wildman–Crippen LogP) is 0.863. The van der Waals surface area contributed by atoms with E-state index in [1.165, 1.54) is 0 Å². The molecule has 1 saturated carbocycles. The average Bonchev–Trinajstić information content (AvgIpc) is 2.82. The highest BCUT2D eigenvalue weighted by molar-refractivity contribution is 5.74. The molecule has 1 fully saturated rings. The third kappa shape index (κ3) is 3.97. The van der Waals surface area contributed by atoms with Gasteiger partial charge in [-0.05, 0) is 25.3 Å². The number of amides is 2. The highest BCUT2D eigenvalue weighted by Crippen LogP contribution is 2.24. The van der Waals surface area contributed by atoms with E-state index in [0.717, 1.165) is 18.5 Å². The van der Waals surface area contributed by atoms with E-state index in [1.807, 2.05) is 19.3 Å². The van der Waals surface area contributed by atoms with Crippen LogP contribution in [-0.4, -0.2) is 32.9 Å². The number of aryl methyl sites for hydroxylation is 1. The Morgan fingerprint density at radius 3 is 2.95 bits per heavy atom. The molecule has 0 aliphatic heterocycles. The van der Waals surface area contributed by atoms with Crippen molar-refractivity contribution in [1.29, 1.82) is 0 Å². The number of carbonyl (C=O) groups is 2. The molecular formula is C13H20N4O3. The number of hydrogen-bond donors (Lipinski definition) is 3. The molecule has 0 spiro atoms. The van der Waals surface area contributed by atoms with Crippen LogP contribution in [0.4, 0.5) is 4.79 Å². The summed E-state index contributed by atoms with van der Waals surface area (Å²) in [7, 11) is 1.82. The lowest BCUT2D eigenvalue weighted by molar-refractivity contribution is -0.143. The van der Waals surface area contributed by atoms with E-state index in [9.17, 15) is 9.59 Å². The molecular weight excluding hydrogens is 260 g/mol. The normalized spacial score (nSPS) is 22.2. The number of carboxylic acid groups (broad SMARTS) is 1. The number of carbonyl (C=O) groups excluding carboxylic acids is 1. The highest BCUT2D eigenvalue weighted by atomic mass is 16.4. The van der Waals surface area contributed by atoms with E-state index in [2.05, 4.69) is 15.7 Å². The fraction of sp³-hybridized carbons (Fsp3) is 0.615. The first kappa shape index (κ1) is 14.4. The maximum atomic E-state index is 11.8. The SMILES string of the molecule is Cn1ccc(CNC(=O)NC2CCCC(C(=O)O)C2)n1. The van der Waals surface area contributed by atoms with E-state index in [4.69, 9.17) is 5.11 Å². The van der Waals surface area contributed by atoms with Gasteiger partial charge in [0.15, 0.2) is 0 Å². The highest BCUT2D eigenvalue weighted by Gasteiger charge is 2.27. The van der Waals surface area contributed by atoms with Crippen molar-refractivity contribution in [1.82, 2.24) is 20.4 Å². The zero-order valence-electron chi connectivity index (χ0n) is 11.5. The first-order valence-corrected chi connectivity index (χ1v) is 6.80. The second kappa shape index (κ2) is 6.40. The van der Waals surface area contributed by atoms with Gasteiger partial charge in [-0.1, -0.05) is 6.42 Å². The van der Waals surface area contributed by atoms with Crippen molar-refractivity contribution in [2.24, 2.45) is 13.0 Å². The van der Waals surface area contributed by atoms with Crippen LogP contribution in [0.15, 0.2) is 12.3 Å². The molecule has 0 aromatic carbocycles. The average molecular weight is 280 g/mol. The van der Waals surface area contributed by atoms with Crippen LogP contribution < -0.4 is 10.6 Å². The van der Waals surface area contributed by atoms with Gasteiger partial charge in [-0.15, -0.1) is 0 Å². The van der Waals surface area contributed by atoms with Gasteiger partial charge in [0, 0.05) is 19.3 Å². The topological polar surface area (TPSA) is 96.2 Å². The van der Waals surface area contributed by atoms with Crippen molar-refractivity contribution in [2.45, 2.75) is 38.3 Å². The van der Waals surface area contributed by atoms with Crippen LogP contribution >= 0.6 is 0 Å². The summed E-state index contributed by atoms with van der Waals surface area (Å²) >= 11 is 0. The largest absolute Gasteiger partial charge is 0.481 e. The maximum Gasteiger partial charge on any atom is 0.315 e. The van der Waals surface area contributed by atoms with Crippen LogP contribution in [0.25, 0.3) is 0 Å². The number of hydrogen-bond acceptors (Lipinski definition) is 3. The molecule has 3 N–H and O–H groups in total. The number of aliphatic carboxylic acids is 1. The summed E-state index contributed by atoms with van der Waals surface area (Å²) in [5.74, 6) is -1.12. The van der Waals surface area contributed by atoms with E-state index in [1.54, 1.807) is 4.68 Å². The van der Waals surface area contributed by atoms with Crippen molar-refractivity contribution in [2.75, 3.05) is 0 Å². The van der Waals surface area contributed by atoms with Crippen molar-refractivity contribution >= 4 is 12.0 Å². The second-order valence-corrected chi connectivity index (χ2v) is 5.21. The molecule has 0 bridgehead atoms. The van der Waals surface area contributed by atoms with E-state index in [-0.39, 0.29) is 18.0 Å². The summed E-state index contributed by atoms with van der Waals surface area (Å²) in [6, 6.07) is 1.50. The predicted molar refractivity (Wildman–Crippen MR) is 72.0 cm³/mol. The first-order valence-electron chi connectivity index (χ1n) is 6.80. The van der Waals surface area contributed by atoms with Crippen LogP contribution in [0, 0.1) is 5.92 Å². The second-order valence-electron chi connectivity index (χ2n) is 5.21. The number of rotatable bonds is 4. The van der Waals surface area contributed by atoms with Crippen LogP contribution in [-0.2, 0) is 18.4 Å². The van der Waals surface area contributed by atoms with E-state index in [0.29, 0.717) is 19.4 Å². The first-order chi connectivity index (χ1) is 9.54. The molecule has 2 unspecified atom stereocenters. The van der Waals surface area contributed by atoms with Gasteiger partial charge in [0.05, 0.1) is 18.2 Å². The van der Waals surface area contributed by atoms with Crippen LogP contribution in [0.1, 0.15) is 31.4 Å². The molecule has 7 nitrogen and oxygen atoms in total. The molecule has 20 heavy (non-hydrogen) atoms. The zero-order valence-corrected chi connectivity index (χ0v) is 11.5. The third-order valence-corrected chi connectivity index (χ3v) is 3.56. The fourth-order valence-corrected chi connectivity index (χ4v) is 2.51. The monoisotopic (exact) mass is 280 g/mol. The Kier molecular flexibility index (Phi) is 4.60. The minimum Gasteiger partial charge on any atom is -0.481 e. The molecule has 0 radical (unpaired) electrons. The van der Waals surface area contributed by atoms with Gasteiger partial charge in [0.25, 0.3) is 0 Å². The number of aromatic nitrogens is 2. The van der Waals surface area contributed by atoms with Crippen molar-refractivity contribution in [3.63, 3.8) is 0 Å². The summed E-state index contributed by atoms with van der Waals surface area (Å²) in [4.78, 5) is 22.7. The Morgan fingerprint density at radius 2 is 2.30 bits per heavy atom. The third-order valence-electron chi connectivity index (χ3n) is 3.56. The molecule has 1 heterocycles. The van der Waals surface area contributed by atoms with E-state index >= 15 is 0 Å². The Hall–Kier alpha value is -2.05. The van der Waals surface area contributed by atoms with Crippen molar-refractivity contribution in [3.8, 4) is 0 Å². The van der Waals surface area contributed by atoms with E-state index < -0.39 is 5.97 Å². The smallest absolute Gasteiger partial charge is 0.315 e. The van der Waals surface area contributed by atoms with Crippen molar-refractivity contribution < 1.29 is 14.7 Å². The van der Waals surface area contributed by atoms with Gasteiger partial charge >= 0.3 is 12.0 Å². The lowest BCUT2D eigenvalue weighted by atomic mass is 9.86. The van der Waals surface area contributed by atoms with Crippen LogP contribution in [0.2, 0.25) is 0 Å². The molecule has 2 amide bonds. The minimum atomic E-state index is -0.773. The molecule has 0 saturated heterocycles. The van der Waals surface area contributed by atoms with Crippen LogP contribution in [0.5, 0.6) is 0 Å². The molecule has 1 aliphatic carbocycles. The number of nitrogens with zero attached hydrogens (tertiary/aromatic N) is 2. The van der Waals surface area contributed by atoms with Gasteiger partial charge in [0.1, 0.15) is 0 Å². The minimum absolute atomic E-state index is 0.0615. The molecule has 2 rings (SSSR count). The Labute approximate surface area is 117 Å². The summed E-state index contributed by atoms with van der Waals surface area (Å²) < 4.78 is 1.67.